The van der Waals surface area contributed by atoms with Gasteiger partial charge in [0.05, 0.1) is 48.4 Å². The van der Waals surface area contributed by atoms with Crippen molar-refractivity contribution in [2.75, 3.05) is 0 Å². The van der Waals surface area contributed by atoms with Crippen molar-refractivity contribution in [2.24, 2.45) is 5.92 Å². The van der Waals surface area contributed by atoms with Gasteiger partial charge in [0, 0.05) is 79.1 Å². The molecule has 6 nitrogen and oxygen atoms in total. The summed E-state index contributed by atoms with van der Waals surface area (Å²) in [7, 11) is 0. The summed E-state index contributed by atoms with van der Waals surface area (Å²) < 4.78 is 4.69. The van der Waals surface area contributed by atoms with E-state index in [1.807, 2.05) is 48.8 Å². The highest BCUT2D eigenvalue weighted by atomic mass is 35.5. The first kappa shape index (κ1) is 36.1. The van der Waals surface area contributed by atoms with Crippen LogP contribution in [0.3, 0.4) is 0 Å². The Kier molecular flexibility index (Phi) is 9.80. The third-order valence-electron chi connectivity index (χ3n) is 10.5. The Labute approximate surface area is 331 Å². The summed E-state index contributed by atoms with van der Waals surface area (Å²) >= 11 is 28.9. The van der Waals surface area contributed by atoms with Gasteiger partial charge >= 0.3 is 5.97 Å². The minimum Gasteiger partial charge on any atom is -0.481 e. The molecule has 268 valence electrons. The molecule has 0 spiro atoms. The molecule has 0 saturated heterocycles. The Morgan fingerprint density at radius 1 is 0.692 bits per heavy atom. The minimum atomic E-state index is -0.784. The number of halogens is 4. The summed E-state index contributed by atoms with van der Waals surface area (Å²) in [5.74, 6) is -1.60. The fraction of sp³-hybridized carbons (Fsp3) is 0.325. The molecule has 6 heterocycles. The molecule has 52 heavy (non-hydrogen) atoms. The maximum absolute atomic E-state index is 13.9. The second kappa shape index (κ2) is 14.1. The summed E-state index contributed by atoms with van der Waals surface area (Å²) in [6.07, 6.45) is 5.20. The first-order valence-corrected chi connectivity index (χ1v) is 20.6. The molecule has 0 amide bonds. The number of carbonyl (C=O) groups is 1. The molecule has 0 fully saturated rings. The van der Waals surface area contributed by atoms with Crippen molar-refractivity contribution in [3.8, 4) is 0 Å². The molecule has 2 aliphatic rings. The highest BCUT2D eigenvalue weighted by Gasteiger charge is 2.47. The zero-order valence-corrected chi connectivity index (χ0v) is 33.6. The molecule has 2 aromatic carbocycles. The Morgan fingerprint density at radius 2 is 1.12 bits per heavy atom. The van der Waals surface area contributed by atoms with E-state index in [9.17, 15) is 9.90 Å². The summed E-state index contributed by atoms with van der Waals surface area (Å²) in [6.45, 7) is 10.1. The van der Waals surface area contributed by atoms with Crippen molar-refractivity contribution in [3.63, 3.8) is 0 Å². The predicted molar refractivity (Wildman–Crippen MR) is 215 cm³/mol. The van der Waals surface area contributed by atoms with Crippen molar-refractivity contribution in [1.82, 2.24) is 19.1 Å². The van der Waals surface area contributed by atoms with E-state index in [0.717, 1.165) is 90.1 Å². The van der Waals surface area contributed by atoms with Gasteiger partial charge in [0.25, 0.3) is 0 Å². The number of aryl methyl sites for hydroxylation is 2. The number of aromatic nitrogens is 4. The third kappa shape index (κ3) is 6.02. The Morgan fingerprint density at radius 3 is 1.48 bits per heavy atom. The zero-order valence-electron chi connectivity index (χ0n) is 29.0. The van der Waals surface area contributed by atoms with Crippen LogP contribution in [0, 0.1) is 5.92 Å². The van der Waals surface area contributed by atoms with E-state index in [1.54, 1.807) is 23.5 Å². The van der Waals surface area contributed by atoms with Crippen LogP contribution in [0.2, 0.25) is 20.1 Å². The van der Waals surface area contributed by atoms with E-state index in [-0.39, 0.29) is 23.7 Å². The SMILES string of the molecule is CC(C)c1nccc2c1c(Sc1ccc(Cl)c(Cl)c1)c1n2CCC1C(C(=O)O)C1CCn2c1c(Sc1ccc(Cl)c(Cl)c1)c1c(C(C)C)nccc12. The van der Waals surface area contributed by atoms with Crippen LogP contribution in [-0.4, -0.2) is 30.2 Å². The Hall–Kier alpha value is -2.85. The molecule has 2 aliphatic heterocycles. The van der Waals surface area contributed by atoms with Crippen LogP contribution in [0.25, 0.3) is 21.8 Å². The van der Waals surface area contributed by atoms with Crippen LogP contribution < -0.4 is 0 Å². The van der Waals surface area contributed by atoms with Crippen LogP contribution in [0.5, 0.6) is 0 Å². The third-order valence-corrected chi connectivity index (χ3v) is 14.2. The number of fused-ring (bicyclic) bond motifs is 6. The molecule has 2 atom stereocenters. The number of hydrogen-bond donors (Lipinski definition) is 1. The highest BCUT2D eigenvalue weighted by molar-refractivity contribution is 8.00. The molecule has 0 saturated carbocycles. The number of rotatable bonds is 9. The Bertz CT molecular complexity index is 2250. The lowest BCUT2D eigenvalue weighted by Crippen LogP contribution is -2.27. The van der Waals surface area contributed by atoms with Gasteiger partial charge in [0.1, 0.15) is 0 Å². The number of nitrogens with zero attached hydrogens (tertiary/aromatic N) is 4. The molecule has 4 aromatic heterocycles. The van der Waals surface area contributed by atoms with Gasteiger partial charge in [-0.25, -0.2) is 0 Å². The summed E-state index contributed by atoms with van der Waals surface area (Å²) in [5, 5.41) is 15.5. The Balaban J connectivity index is 1.32. The van der Waals surface area contributed by atoms with Crippen LogP contribution >= 0.6 is 69.9 Å². The smallest absolute Gasteiger partial charge is 0.307 e. The molecule has 8 rings (SSSR count). The van der Waals surface area contributed by atoms with Gasteiger partial charge in [-0.1, -0.05) is 97.6 Å². The molecule has 2 unspecified atom stereocenters. The first-order valence-electron chi connectivity index (χ1n) is 17.4. The van der Waals surface area contributed by atoms with Crippen molar-refractivity contribution in [2.45, 2.75) is 96.9 Å². The summed E-state index contributed by atoms with van der Waals surface area (Å²) in [4.78, 5) is 27.5. The highest BCUT2D eigenvalue weighted by Crippen LogP contribution is 2.56. The molecule has 12 heteroatoms. The lowest BCUT2D eigenvalue weighted by Gasteiger charge is -2.27. The molecule has 0 radical (unpaired) electrons. The van der Waals surface area contributed by atoms with Crippen LogP contribution in [0.4, 0.5) is 0 Å². The monoisotopic (exact) mass is 808 g/mol. The van der Waals surface area contributed by atoms with Crippen LogP contribution in [0.1, 0.15) is 87.0 Å². The van der Waals surface area contributed by atoms with Crippen LogP contribution in [-0.2, 0) is 17.9 Å². The zero-order chi connectivity index (χ0) is 36.6. The van der Waals surface area contributed by atoms with Crippen LogP contribution in [0.15, 0.2) is 80.5 Å². The van der Waals surface area contributed by atoms with Crippen molar-refractivity contribution < 1.29 is 9.90 Å². The fourth-order valence-corrected chi connectivity index (χ4v) is 11.5. The van der Waals surface area contributed by atoms with Gasteiger partial charge < -0.3 is 14.2 Å². The molecular formula is C40H36Cl4N4O2S2. The number of pyridine rings is 2. The van der Waals surface area contributed by atoms with Gasteiger partial charge in [0.15, 0.2) is 0 Å². The van der Waals surface area contributed by atoms with E-state index >= 15 is 0 Å². The number of carboxylic acids is 1. The van der Waals surface area contributed by atoms with E-state index < -0.39 is 11.9 Å². The number of aliphatic carboxylic acids is 1. The van der Waals surface area contributed by atoms with Crippen molar-refractivity contribution in [1.29, 1.82) is 0 Å². The fourth-order valence-electron chi connectivity index (χ4n) is 8.36. The average molecular weight is 811 g/mol. The minimum absolute atomic E-state index is 0.170. The maximum atomic E-state index is 13.9. The van der Waals surface area contributed by atoms with E-state index in [1.165, 1.54) is 0 Å². The first-order chi connectivity index (χ1) is 24.9. The predicted octanol–water partition coefficient (Wildman–Crippen LogP) is 12.9. The standard InChI is InChI=1S/C40H36Cl4N4O2S2/c1-19(2)34-32-29(9-13-45-34)47-15-11-23(36(47)38(32)51-21-5-7-25(41)27(43)17-21)31(40(49)50)24-12-16-48-30-10-14-46-35(20(3)4)33(30)39(37(24)48)52-22-6-8-26(42)28(44)18-22/h5-10,13-14,17-20,23-24,31H,11-12,15-16H2,1-4H3,(H,49,50). The molecular weight excluding hydrogens is 774 g/mol. The van der Waals surface area contributed by atoms with Gasteiger partial charge in [0.2, 0.25) is 0 Å². The number of carboxylic acid groups (broad SMARTS) is 1. The van der Waals surface area contributed by atoms with E-state index in [2.05, 4.69) is 49.0 Å². The van der Waals surface area contributed by atoms with Crippen molar-refractivity contribution >= 4 is 97.7 Å². The topological polar surface area (TPSA) is 72.9 Å². The van der Waals surface area contributed by atoms with E-state index in [0.29, 0.717) is 20.1 Å². The number of hydrogen-bond acceptors (Lipinski definition) is 5. The molecule has 0 aliphatic carbocycles. The largest absolute Gasteiger partial charge is 0.481 e. The molecule has 0 bridgehead atoms. The number of benzene rings is 2. The lowest BCUT2D eigenvalue weighted by molar-refractivity contribution is -0.143. The van der Waals surface area contributed by atoms with Crippen molar-refractivity contribution in [3.05, 3.63) is 104 Å². The normalized spacial score (nSPS) is 17.5. The van der Waals surface area contributed by atoms with Gasteiger partial charge in [-0.05, 0) is 73.2 Å². The lowest BCUT2D eigenvalue weighted by atomic mass is 9.77. The second-order valence-corrected chi connectivity index (χ2v) is 18.0. The molecule has 6 aromatic rings. The maximum Gasteiger partial charge on any atom is 0.307 e. The second-order valence-electron chi connectivity index (χ2n) is 14.2. The van der Waals surface area contributed by atoms with Gasteiger partial charge in [-0.2, -0.15) is 0 Å². The quantitative estimate of drug-likeness (QED) is 0.157. The van der Waals surface area contributed by atoms with Gasteiger partial charge in [-0.3, -0.25) is 14.8 Å². The summed E-state index contributed by atoms with van der Waals surface area (Å²) in [5.41, 5.74) is 6.31. The van der Waals surface area contributed by atoms with E-state index in [4.69, 9.17) is 56.4 Å². The average Bonchev–Trinajstić information content (AvgIpc) is 3.87. The summed E-state index contributed by atoms with van der Waals surface area (Å²) in [6, 6.07) is 15.5. The molecule has 1 N–H and O–H groups in total. The van der Waals surface area contributed by atoms with Gasteiger partial charge in [-0.15, -0.1) is 0 Å².